The summed E-state index contributed by atoms with van der Waals surface area (Å²) in [6.07, 6.45) is 8.68. The van der Waals surface area contributed by atoms with Crippen LogP contribution in [0.1, 0.15) is 40.5 Å². The topological polar surface area (TPSA) is 0 Å². The molecule has 0 radical (unpaired) electrons. The molecule has 0 saturated carbocycles. The summed E-state index contributed by atoms with van der Waals surface area (Å²) in [6, 6.07) is 0. The minimum absolute atomic E-state index is 0.652. The molecule has 1 atom stereocenters. The summed E-state index contributed by atoms with van der Waals surface area (Å²) in [6.45, 7) is 12.5. The zero-order chi connectivity index (χ0) is 10.3. The largest absolute Gasteiger partial charge is 0.0991 e. The summed E-state index contributed by atoms with van der Waals surface area (Å²) in [7, 11) is 0. The van der Waals surface area contributed by atoms with E-state index < -0.39 is 0 Å². The Kier molecular flexibility index (Phi) is 6.30. The third-order valence-electron chi connectivity index (χ3n) is 2.44. The first kappa shape index (κ1) is 12.2. The van der Waals surface area contributed by atoms with Crippen molar-refractivity contribution in [3.05, 3.63) is 36.0 Å². The van der Waals surface area contributed by atoms with E-state index in [0.29, 0.717) is 5.92 Å². The molecule has 0 heterocycles. The van der Waals surface area contributed by atoms with Gasteiger partial charge < -0.3 is 0 Å². The Morgan fingerprint density at radius 2 is 2.08 bits per heavy atom. The minimum Gasteiger partial charge on any atom is -0.0991 e. The van der Waals surface area contributed by atoms with Gasteiger partial charge in [-0.05, 0) is 31.8 Å². The average Bonchev–Trinajstić information content (AvgIpc) is 2.13. The lowest BCUT2D eigenvalue weighted by Gasteiger charge is -2.15. The van der Waals surface area contributed by atoms with Crippen molar-refractivity contribution in [1.29, 1.82) is 0 Å². The Bertz CT molecular complexity index is 206. The van der Waals surface area contributed by atoms with Crippen LogP contribution in [0.4, 0.5) is 0 Å². The second-order valence-corrected chi connectivity index (χ2v) is 3.52. The van der Waals surface area contributed by atoms with Crippen LogP contribution in [0.15, 0.2) is 36.0 Å². The van der Waals surface area contributed by atoms with Crippen LogP contribution in [0.5, 0.6) is 0 Å². The molecular formula is C13H22. The molecule has 0 aromatic heterocycles. The van der Waals surface area contributed by atoms with Crippen LogP contribution in [0.2, 0.25) is 0 Å². The van der Waals surface area contributed by atoms with Gasteiger partial charge >= 0.3 is 0 Å². The van der Waals surface area contributed by atoms with E-state index in [0.717, 1.165) is 0 Å². The molecule has 0 aliphatic carbocycles. The number of rotatable bonds is 5. The molecule has 0 heteroatoms. The molecule has 13 heavy (non-hydrogen) atoms. The normalized spacial score (nSPS) is 15.7. The second kappa shape index (κ2) is 6.71. The van der Waals surface area contributed by atoms with E-state index in [1.165, 1.54) is 24.0 Å². The zero-order valence-electron chi connectivity index (χ0n) is 9.43. The molecule has 0 amide bonds. The molecule has 0 aliphatic rings. The summed E-state index contributed by atoms with van der Waals surface area (Å²) in [5.41, 5.74) is 2.81. The molecule has 0 fully saturated rings. The quantitative estimate of drug-likeness (QED) is 0.544. The second-order valence-electron chi connectivity index (χ2n) is 3.52. The van der Waals surface area contributed by atoms with Crippen molar-refractivity contribution in [3.63, 3.8) is 0 Å². The highest BCUT2D eigenvalue weighted by atomic mass is 14.1. The molecule has 0 aromatic rings. The summed E-state index contributed by atoms with van der Waals surface area (Å²) in [5.74, 6) is 0.652. The van der Waals surface area contributed by atoms with Crippen LogP contribution >= 0.6 is 0 Å². The van der Waals surface area contributed by atoms with Gasteiger partial charge in [-0.15, -0.1) is 0 Å². The molecule has 0 saturated heterocycles. The fraction of sp³-hybridized carbons (Fsp3) is 0.538. The first-order chi connectivity index (χ1) is 6.17. The predicted molar refractivity (Wildman–Crippen MR) is 61.8 cm³/mol. The van der Waals surface area contributed by atoms with Gasteiger partial charge in [0.1, 0.15) is 0 Å². The van der Waals surface area contributed by atoms with Gasteiger partial charge in [0.2, 0.25) is 0 Å². The van der Waals surface area contributed by atoms with Crippen LogP contribution in [0.25, 0.3) is 0 Å². The molecular weight excluding hydrogens is 156 g/mol. The lowest BCUT2D eigenvalue weighted by atomic mass is 9.90. The molecule has 0 N–H and O–H groups in total. The van der Waals surface area contributed by atoms with Gasteiger partial charge in [0, 0.05) is 0 Å². The molecule has 0 aromatic carbocycles. The van der Waals surface area contributed by atoms with E-state index in [1.54, 1.807) is 0 Å². The first-order valence-electron chi connectivity index (χ1n) is 5.13. The van der Waals surface area contributed by atoms with Gasteiger partial charge in [0.05, 0.1) is 0 Å². The predicted octanol–water partition coefficient (Wildman–Crippen LogP) is 4.50. The highest BCUT2D eigenvalue weighted by molar-refractivity contribution is 5.33. The Morgan fingerprint density at radius 1 is 1.46 bits per heavy atom. The summed E-state index contributed by atoms with van der Waals surface area (Å²) in [4.78, 5) is 0. The average molecular weight is 178 g/mol. The third kappa shape index (κ3) is 4.12. The molecule has 0 nitrogen and oxygen atoms in total. The first-order valence-corrected chi connectivity index (χ1v) is 5.13. The lowest BCUT2D eigenvalue weighted by molar-refractivity contribution is 0.606. The maximum Gasteiger partial charge on any atom is -0.0188 e. The standard InChI is InChI=1S/C13H22/c1-6-9-12(5)13(10-7-2)11(4)8-3/h7-8,10,12H,2,6,9H2,1,3-5H3/b11-8-,13-10+. The van der Waals surface area contributed by atoms with Crippen molar-refractivity contribution >= 4 is 0 Å². The zero-order valence-corrected chi connectivity index (χ0v) is 9.43. The number of hydrogen-bond donors (Lipinski definition) is 0. The summed E-state index contributed by atoms with van der Waals surface area (Å²) >= 11 is 0. The fourth-order valence-corrected chi connectivity index (χ4v) is 1.57. The van der Waals surface area contributed by atoms with Crippen molar-refractivity contribution in [2.75, 3.05) is 0 Å². The molecule has 0 aliphatic heterocycles. The van der Waals surface area contributed by atoms with Gasteiger partial charge in [0.15, 0.2) is 0 Å². The van der Waals surface area contributed by atoms with Gasteiger partial charge in [-0.3, -0.25) is 0 Å². The van der Waals surface area contributed by atoms with Gasteiger partial charge in [-0.1, -0.05) is 50.6 Å². The Hall–Kier alpha value is -0.780. The Balaban J connectivity index is 4.61. The van der Waals surface area contributed by atoms with Crippen LogP contribution in [-0.2, 0) is 0 Å². The Labute approximate surface area is 83.0 Å². The van der Waals surface area contributed by atoms with Crippen LogP contribution in [0.3, 0.4) is 0 Å². The SMILES string of the molecule is C=C/C=C(\C(C)=C/C)C(C)CCC. The lowest BCUT2D eigenvalue weighted by Crippen LogP contribution is -2.00. The van der Waals surface area contributed by atoms with Crippen LogP contribution < -0.4 is 0 Å². The highest BCUT2D eigenvalue weighted by Gasteiger charge is 2.07. The number of hydrogen-bond acceptors (Lipinski definition) is 0. The Morgan fingerprint density at radius 3 is 2.46 bits per heavy atom. The molecule has 0 bridgehead atoms. The molecule has 0 spiro atoms. The fourth-order valence-electron chi connectivity index (χ4n) is 1.57. The maximum absolute atomic E-state index is 3.76. The van der Waals surface area contributed by atoms with Crippen molar-refractivity contribution in [3.8, 4) is 0 Å². The van der Waals surface area contributed by atoms with E-state index in [9.17, 15) is 0 Å². The van der Waals surface area contributed by atoms with Crippen LogP contribution in [0, 0.1) is 5.92 Å². The van der Waals surface area contributed by atoms with E-state index in [-0.39, 0.29) is 0 Å². The number of allylic oxidation sites excluding steroid dienone is 5. The third-order valence-corrected chi connectivity index (χ3v) is 2.44. The van der Waals surface area contributed by atoms with Crippen molar-refractivity contribution < 1.29 is 0 Å². The van der Waals surface area contributed by atoms with Gasteiger partial charge in [0.25, 0.3) is 0 Å². The monoisotopic (exact) mass is 178 g/mol. The van der Waals surface area contributed by atoms with Crippen molar-refractivity contribution in [2.45, 2.75) is 40.5 Å². The van der Waals surface area contributed by atoms with E-state index >= 15 is 0 Å². The van der Waals surface area contributed by atoms with Crippen molar-refractivity contribution in [1.82, 2.24) is 0 Å². The molecule has 74 valence electrons. The summed E-state index contributed by atoms with van der Waals surface area (Å²) < 4.78 is 0. The van der Waals surface area contributed by atoms with E-state index in [4.69, 9.17) is 0 Å². The van der Waals surface area contributed by atoms with E-state index in [2.05, 4.69) is 46.4 Å². The van der Waals surface area contributed by atoms with Crippen LogP contribution in [-0.4, -0.2) is 0 Å². The highest BCUT2D eigenvalue weighted by Crippen LogP contribution is 2.23. The maximum atomic E-state index is 3.76. The van der Waals surface area contributed by atoms with Gasteiger partial charge in [-0.2, -0.15) is 0 Å². The van der Waals surface area contributed by atoms with Crippen molar-refractivity contribution in [2.24, 2.45) is 5.92 Å². The van der Waals surface area contributed by atoms with E-state index in [1.807, 2.05) is 6.08 Å². The smallest absolute Gasteiger partial charge is 0.0188 e. The molecule has 1 unspecified atom stereocenters. The molecule has 0 rings (SSSR count). The van der Waals surface area contributed by atoms with Gasteiger partial charge in [-0.25, -0.2) is 0 Å². The summed E-state index contributed by atoms with van der Waals surface area (Å²) in [5, 5.41) is 0. The minimum atomic E-state index is 0.652.